The number of amides is 1. The highest BCUT2D eigenvalue weighted by atomic mass is 19.1. The van der Waals surface area contributed by atoms with Crippen molar-refractivity contribution in [1.82, 2.24) is 10.3 Å². The molecule has 1 aliphatic heterocycles. The average Bonchev–Trinajstić information content (AvgIpc) is 2.50. The zero-order valence-corrected chi connectivity index (χ0v) is 11.1. The van der Waals surface area contributed by atoms with Gasteiger partial charge in [-0.2, -0.15) is 0 Å². The molecule has 3 rings (SSSR count). The Morgan fingerprint density at radius 1 is 1.29 bits per heavy atom. The number of aromatic nitrogens is 1. The molecule has 2 heterocycles. The van der Waals surface area contributed by atoms with E-state index in [4.69, 9.17) is 9.47 Å². The standard InChI is InChI=1S/C15H13FN2O3/c16-11-3-1-2-4-14(11)21-13-5-6-17-7-10(13)12-8-20-9-15(19)18-12/h1-7,12H,8-9H2,(H,18,19). The van der Waals surface area contributed by atoms with Gasteiger partial charge in [-0.25, -0.2) is 4.39 Å². The van der Waals surface area contributed by atoms with Crippen LogP contribution in [0.15, 0.2) is 42.7 Å². The lowest BCUT2D eigenvalue weighted by molar-refractivity contribution is -0.131. The van der Waals surface area contributed by atoms with E-state index in [-0.39, 0.29) is 24.3 Å². The van der Waals surface area contributed by atoms with Gasteiger partial charge in [-0.05, 0) is 18.2 Å². The van der Waals surface area contributed by atoms with Crippen LogP contribution in [0.25, 0.3) is 0 Å². The molecule has 5 nitrogen and oxygen atoms in total. The first-order chi connectivity index (χ1) is 10.2. The van der Waals surface area contributed by atoms with Crippen LogP contribution in [0.4, 0.5) is 4.39 Å². The number of morpholine rings is 1. The summed E-state index contributed by atoms with van der Waals surface area (Å²) in [5.74, 6) is -0.102. The summed E-state index contributed by atoms with van der Waals surface area (Å²) in [6.45, 7) is 0.366. The Morgan fingerprint density at radius 2 is 2.14 bits per heavy atom. The van der Waals surface area contributed by atoms with Crippen LogP contribution in [0.2, 0.25) is 0 Å². The Kier molecular flexibility index (Phi) is 3.79. The number of hydrogen-bond acceptors (Lipinski definition) is 4. The maximum Gasteiger partial charge on any atom is 0.246 e. The van der Waals surface area contributed by atoms with Gasteiger partial charge in [0.25, 0.3) is 0 Å². The van der Waals surface area contributed by atoms with E-state index >= 15 is 0 Å². The second kappa shape index (κ2) is 5.88. The van der Waals surface area contributed by atoms with Gasteiger partial charge in [0.2, 0.25) is 5.91 Å². The summed E-state index contributed by atoms with van der Waals surface area (Å²) in [6, 6.07) is 7.40. The molecule has 108 valence electrons. The minimum absolute atomic E-state index is 0.0419. The van der Waals surface area contributed by atoms with Crippen LogP contribution < -0.4 is 10.1 Å². The molecule has 2 aromatic rings. The first-order valence-electron chi connectivity index (χ1n) is 6.47. The number of halogens is 1. The topological polar surface area (TPSA) is 60.5 Å². The van der Waals surface area contributed by atoms with Gasteiger partial charge in [-0.15, -0.1) is 0 Å². The molecule has 0 radical (unpaired) electrons. The number of ether oxygens (including phenoxy) is 2. The molecular weight excluding hydrogens is 275 g/mol. The van der Waals surface area contributed by atoms with E-state index in [1.807, 2.05) is 0 Å². The monoisotopic (exact) mass is 288 g/mol. The highest BCUT2D eigenvalue weighted by Gasteiger charge is 2.24. The first-order valence-corrected chi connectivity index (χ1v) is 6.47. The van der Waals surface area contributed by atoms with Gasteiger partial charge in [0.1, 0.15) is 12.4 Å². The molecule has 1 atom stereocenters. The third kappa shape index (κ3) is 3.00. The second-order valence-corrected chi connectivity index (χ2v) is 4.58. The molecular formula is C15H13FN2O3. The summed E-state index contributed by atoms with van der Waals surface area (Å²) >= 11 is 0. The molecule has 1 aromatic heterocycles. The van der Waals surface area contributed by atoms with E-state index in [0.29, 0.717) is 17.9 Å². The van der Waals surface area contributed by atoms with E-state index in [9.17, 15) is 9.18 Å². The molecule has 1 unspecified atom stereocenters. The highest BCUT2D eigenvalue weighted by Crippen LogP contribution is 2.31. The molecule has 0 bridgehead atoms. The minimum atomic E-state index is -0.454. The van der Waals surface area contributed by atoms with Gasteiger partial charge < -0.3 is 14.8 Å². The molecule has 6 heteroatoms. The third-order valence-electron chi connectivity index (χ3n) is 3.09. The first kappa shape index (κ1) is 13.5. The molecule has 1 aliphatic rings. The number of carbonyl (C=O) groups is 1. The van der Waals surface area contributed by atoms with Gasteiger partial charge >= 0.3 is 0 Å². The lowest BCUT2D eigenvalue weighted by Gasteiger charge is -2.25. The summed E-state index contributed by atoms with van der Waals surface area (Å²) in [7, 11) is 0. The molecule has 1 saturated heterocycles. The van der Waals surface area contributed by atoms with Crippen molar-refractivity contribution in [2.75, 3.05) is 13.2 Å². The molecule has 1 fully saturated rings. The van der Waals surface area contributed by atoms with Gasteiger partial charge in [-0.1, -0.05) is 12.1 Å². The van der Waals surface area contributed by atoms with Crippen molar-refractivity contribution in [3.05, 3.63) is 54.1 Å². The zero-order chi connectivity index (χ0) is 14.7. The number of carbonyl (C=O) groups excluding carboxylic acids is 1. The van der Waals surface area contributed by atoms with Crippen molar-refractivity contribution >= 4 is 5.91 Å². The Morgan fingerprint density at radius 3 is 2.95 bits per heavy atom. The normalized spacial score (nSPS) is 18.1. The van der Waals surface area contributed by atoms with Crippen molar-refractivity contribution in [2.45, 2.75) is 6.04 Å². The predicted octanol–water partition coefficient (Wildman–Crippen LogP) is 2.20. The summed E-state index contributed by atoms with van der Waals surface area (Å²) in [6.07, 6.45) is 3.13. The SMILES string of the molecule is O=C1COCC(c2cnccc2Oc2ccccc2F)N1. The molecule has 1 aromatic carbocycles. The Labute approximate surface area is 120 Å². The third-order valence-corrected chi connectivity index (χ3v) is 3.09. The number of nitrogens with one attached hydrogen (secondary N) is 1. The van der Waals surface area contributed by atoms with Crippen molar-refractivity contribution < 1.29 is 18.7 Å². The van der Waals surface area contributed by atoms with Crippen LogP contribution in [-0.4, -0.2) is 24.1 Å². The minimum Gasteiger partial charge on any atom is -0.454 e. The van der Waals surface area contributed by atoms with Gasteiger partial charge in [0.15, 0.2) is 11.6 Å². The van der Waals surface area contributed by atoms with Crippen LogP contribution in [-0.2, 0) is 9.53 Å². The number of para-hydroxylation sites is 1. The maximum atomic E-state index is 13.7. The Hall–Kier alpha value is -2.47. The van der Waals surface area contributed by atoms with Crippen molar-refractivity contribution in [3.63, 3.8) is 0 Å². The fourth-order valence-corrected chi connectivity index (χ4v) is 2.11. The smallest absolute Gasteiger partial charge is 0.246 e. The van der Waals surface area contributed by atoms with Crippen molar-refractivity contribution in [2.24, 2.45) is 0 Å². The lowest BCUT2D eigenvalue weighted by atomic mass is 10.1. The molecule has 0 saturated carbocycles. The average molecular weight is 288 g/mol. The highest BCUT2D eigenvalue weighted by molar-refractivity contribution is 5.78. The van der Waals surface area contributed by atoms with Crippen LogP contribution >= 0.6 is 0 Å². The largest absolute Gasteiger partial charge is 0.454 e. The van der Waals surface area contributed by atoms with Crippen LogP contribution in [0.3, 0.4) is 0 Å². The van der Waals surface area contributed by atoms with Gasteiger partial charge in [0, 0.05) is 18.0 Å². The quantitative estimate of drug-likeness (QED) is 0.940. The van der Waals surface area contributed by atoms with Gasteiger partial charge in [0.05, 0.1) is 12.6 Å². The number of pyridine rings is 1. The van der Waals surface area contributed by atoms with E-state index in [1.54, 1.807) is 30.6 Å². The number of nitrogens with zero attached hydrogens (tertiary/aromatic N) is 1. The van der Waals surface area contributed by atoms with Crippen molar-refractivity contribution in [1.29, 1.82) is 0 Å². The number of benzene rings is 1. The molecule has 1 amide bonds. The summed E-state index contributed by atoms with van der Waals surface area (Å²) in [5, 5.41) is 2.80. The molecule has 0 spiro atoms. The number of hydrogen-bond donors (Lipinski definition) is 1. The van der Waals surface area contributed by atoms with Gasteiger partial charge in [-0.3, -0.25) is 9.78 Å². The summed E-state index contributed by atoms with van der Waals surface area (Å²) in [5.41, 5.74) is 0.647. The predicted molar refractivity (Wildman–Crippen MR) is 72.4 cm³/mol. The summed E-state index contributed by atoms with van der Waals surface area (Å²) in [4.78, 5) is 15.4. The molecule has 0 aliphatic carbocycles. The molecule has 1 N–H and O–H groups in total. The number of rotatable bonds is 3. The van der Waals surface area contributed by atoms with Crippen molar-refractivity contribution in [3.8, 4) is 11.5 Å². The van der Waals surface area contributed by atoms with Crippen LogP contribution in [0, 0.1) is 5.82 Å². The Bertz CT molecular complexity index is 663. The maximum absolute atomic E-state index is 13.7. The van der Waals surface area contributed by atoms with E-state index < -0.39 is 5.82 Å². The van der Waals surface area contributed by atoms with Crippen LogP contribution in [0.1, 0.15) is 11.6 Å². The Balaban J connectivity index is 1.89. The lowest BCUT2D eigenvalue weighted by Crippen LogP contribution is -2.39. The van der Waals surface area contributed by atoms with E-state index in [0.717, 1.165) is 0 Å². The summed E-state index contributed by atoms with van der Waals surface area (Å²) < 4.78 is 24.5. The van der Waals surface area contributed by atoms with Crippen LogP contribution in [0.5, 0.6) is 11.5 Å². The fraction of sp³-hybridized carbons (Fsp3) is 0.200. The van der Waals surface area contributed by atoms with E-state index in [1.165, 1.54) is 12.1 Å². The zero-order valence-electron chi connectivity index (χ0n) is 11.1. The fourth-order valence-electron chi connectivity index (χ4n) is 2.11. The van der Waals surface area contributed by atoms with E-state index in [2.05, 4.69) is 10.3 Å². The molecule has 21 heavy (non-hydrogen) atoms. The second-order valence-electron chi connectivity index (χ2n) is 4.58.